The van der Waals surface area contributed by atoms with Gasteiger partial charge in [-0.2, -0.15) is 0 Å². The van der Waals surface area contributed by atoms with Gasteiger partial charge in [0, 0.05) is 0 Å². The summed E-state index contributed by atoms with van der Waals surface area (Å²) in [6, 6.07) is 18.1. The summed E-state index contributed by atoms with van der Waals surface area (Å²) in [5.41, 5.74) is 2.30. The largest absolute Gasteiger partial charge is 0.494 e. The Morgan fingerprint density at radius 3 is 2.40 bits per heavy atom. The fourth-order valence-electron chi connectivity index (χ4n) is 2.20. The van der Waals surface area contributed by atoms with Gasteiger partial charge < -0.3 is 9.84 Å². The molecular formula is C18H22O2. The van der Waals surface area contributed by atoms with Crippen molar-refractivity contribution in [1.82, 2.24) is 0 Å². The van der Waals surface area contributed by atoms with Gasteiger partial charge in [-0.1, -0.05) is 42.5 Å². The highest BCUT2D eigenvalue weighted by atomic mass is 16.5. The first-order chi connectivity index (χ1) is 9.88. The van der Waals surface area contributed by atoms with Gasteiger partial charge in [0.25, 0.3) is 0 Å². The first kappa shape index (κ1) is 14.6. The third-order valence-electron chi connectivity index (χ3n) is 3.30. The van der Waals surface area contributed by atoms with Crippen LogP contribution in [0.15, 0.2) is 54.6 Å². The van der Waals surface area contributed by atoms with Crippen molar-refractivity contribution in [2.75, 3.05) is 6.61 Å². The van der Waals surface area contributed by atoms with E-state index >= 15 is 0 Å². The third kappa shape index (κ3) is 5.06. The molecule has 0 heterocycles. The lowest BCUT2D eigenvalue weighted by atomic mass is 10.0. The molecule has 0 bridgehead atoms. The smallest absolute Gasteiger partial charge is 0.119 e. The number of aliphatic hydroxyl groups excluding tert-OH is 1. The number of para-hydroxylation sites is 1. The quantitative estimate of drug-likeness (QED) is 0.735. The van der Waals surface area contributed by atoms with Crippen LogP contribution < -0.4 is 4.74 Å². The van der Waals surface area contributed by atoms with Gasteiger partial charge in [0.05, 0.1) is 13.2 Å². The predicted octanol–water partition coefficient (Wildman–Crippen LogP) is 3.97. The number of aryl methyl sites for hydroxylation is 1. The second-order valence-electron chi connectivity index (χ2n) is 4.95. The summed E-state index contributed by atoms with van der Waals surface area (Å²) in [5.74, 6) is 0.947. The van der Waals surface area contributed by atoms with Crippen LogP contribution in [0.4, 0.5) is 0 Å². The molecule has 0 amide bonds. The van der Waals surface area contributed by atoms with E-state index in [9.17, 15) is 0 Å². The Kier molecular flexibility index (Phi) is 6.12. The van der Waals surface area contributed by atoms with Gasteiger partial charge in [0.1, 0.15) is 5.75 Å². The number of rotatable bonds is 8. The van der Waals surface area contributed by atoms with Crippen molar-refractivity contribution in [2.24, 2.45) is 0 Å². The molecule has 106 valence electrons. The maximum Gasteiger partial charge on any atom is 0.119 e. The van der Waals surface area contributed by atoms with E-state index in [-0.39, 0.29) is 6.61 Å². The lowest BCUT2D eigenvalue weighted by molar-refractivity contribution is 0.281. The van der Waals surface area contributed by atoms with E-state index in [0.717, 1.165) is 43.6 Å². The van der Waals surface area contributed by atoms with Crippen molar-refractivity contribution in [3.05, 3.63) is 65.7 Å². The van der Waals surface area contributed by atoms with E-state index in [1.165, 1.54) is 5.56 Å². The summed E-state index contributed by atoms with van der Waals surface area (Å²) in [5, 5.41) is 9.10. The Labute approximate surface area is 121 Å². The molecule has 0 fully saturated rings. The minimum absolute atomic E-state index is 0.124. The van der Waals surface area contributed by atoms with Crippen molar-refractivity contribution in [2.45, 2.75) is 32.3 Å². The molecule has 0 aliphatic heterocycles. The maximum atomic E-state index is 9.10. The van der Waals surface area contributed by atoms with Gasteiger partial charge in [-0.15, -0.1) is 0 Å². The number of hydrogen-bond acceptors (Lipinski definition) is 2. The van der Waals surface area contributed by atoms with E-state index < -0.39 is 0 Å². The zero-order valence-corrected chi connectivity index (χ0v) is 11.8. The topological polar surface area (TPSA) is 29.5 Å². The summed E-state index contributed by atoms with van der Waals surface area (Å²) in [7, 11) is 0. The summed E-state index contributed by atoms with van der Waals surface area (Å²) < 4.78 is 5.66. The van der Waals surface area contributed by atoms with Crippen LogP contribution in [0.3, 0.4) is 0 Å². The van der Waals surface area contributed by atoms with E-state index in [2.05, 4.69) is 12.1 Å². The fourth-order valence-corrected chi connectivity index (χ4v) is 2.20. The average Bonchev–Trinajstić information content (AvgIpc) is 2.52. The molecule has 0 aromatic heterocycles. The molecular weight excluding hydrogens is 248 g/mol. The molecule has 2 aromatic rings. The van der Waals surface area contributed by atoms with Gasteiger partial charge in [0.2, 0.25) is 0 Å². The zero-order chi connectivity index (χ0) is 14.0. The van der Waals surface area contributed by atoms with Crippen LogP contribution in [0, 0.1) is 0 Å². The highest BCUT2D eigenvalue weighted by Gasteiger charge is 1.97. The second-order valence-corrected chi connectivity index (χ2v) is 4.95. The highest BCUT2D eigenvalue weighted by molar-refractivity contribution is 5.23. The molecule has 0 aliphatic carbocycles. The predicted molar refractivity (Wildman–Crippen MR) is 81.9 cm³/mol. The first-order valence-corrected chi connectivity index (χ1v) is 7.25. The molecule has 2 rings (SSSR count). The van der Waals surface area contributed by atoms with Gasteiger partial charge in [-0.3, -0.25) is 0 Å². The lowest BCUT2D eigenvalue weighted by Crippen LogP contribution is -1.97. The van der Waals surface area contributed by atoms with Crippen LogP contribution >= 0.6 is 0 Å². The van der Waals surface area contributed by atoms with Crippen LogP contribution in [0.2, 0.25) is 0 Å². The standard InChI is InChI=1S/C18H22O2/c19-15-17-10-7-9-16(14-17)8-3-2-6-13-20-18-11-4-1-5-12-18/h1,4-5,7,9-12,14,19H,2-3,6,8,13,15H2. The Hall–Kier alpha value is -1.80. The minimum Gasteiger partial charge on any atom is -0.494 e. The number of aliphatic hydroxyl groups is 1. The van der Waals surface area contributed by atoms with Gasteiger partial charge in [0.15, 0.2) is 0 Å². The van der Waals surface area contributed by atoms with Crippen LogP contribution in [0.5, 0.6) is 5.75 Å². The van der Waals surface area contributed by atoms with Crippen molar-refractivity contribution in [3.63, 3.8) is 0 Å². The Morgan fingerprint density at radius 1 is 0.800 bits per heavy atom. The van der Waals surface area contributed by atoms with Crippen molar-refractivity contribution >= 4 is 0 Å². The fraction of sp³-hybridized carbons (Fsp3) is 0.333. The van der Waals surface area contributed by atoms with Crippen molar-refractivity contribution in [1.29, 1.82) is 0 Å². The Morgan fingerprint density at radius 2 is 1.60 bits per heavy atom. The summed E-state index contributed by atoms with van der Waals surface area (Å²) in [4.78, 5) is 0. The molecule has 2 nitrogen and oxygen atoms in total. The van der Waals surface area contributed by atoms with Crippen molar-refractivity contribution < 1.29 is 9.84 Å². The molecule has 1 N–H and O–H groups in total. The zero-order valence-electron chi connectivity index (χ0n) is 11.8. The van der Waals surface area contributed by atoms with E-state index in [4.69, 9.17) is 9.84 Å². The minimum atomic E-state index is 0.124. The van der Waals surface area contributed by atoms with Crippen LogP contribution in [0.1, 0.15) is 30.4 Å². The summed E-state index contributed by atoms with van der Waals surface area (Å²) >= 11 is 0. The highest BCUT2D eigenvalue weighted by Crippen LogP contribution is 2.11. The summed E-state index contributed by atoms with van der Waals surface area (Å²) in [6.07, 6.45) is 4.47. The average molecular weight is 270 g/mol. The van der Waals surface area contributed by atoms with Crippen LogP contribution in [0.25, 0.3) is 0 Å². The molecule has 2 heteroatoms. The molecule has 2 aromatic carbocycles. The number of unbranched alkanes of at least 4 members (excludes halogenated alkanes) is 2. The molecule has 0 unspecified atom stereocenters. The van der Waals surface area contributed by atoms with Crippen molar-refractivity contribution in [3.8, 4) is 5.75 Å². The number of hydrogen-bond donors (Lipinski definition) is 1. The molecule has 0 atom stereocenters. The summed E-state index contributed by atoms with van der Waals surface area (Å²) in [6.45, 7) is 0.902. The third-order valence-corrected chi connectivity index (χ3v) is 3.30. The molecule has 0 aliphatic rings. The van der Waals surface area contributed by atoms with Crippen LogP contribution in [-0.2, 0) is 13.0 Å². The first-order valence-electron chi connectivity index (χ1n) is 7.25. The van der Waals surface area contributed by atoms with Gasteiger partial charge >= 0.3 is 0 Å². The Balaban J connectivity index is 1.59. The normalized spacial score (nSPS) is 10.4. The number of ether oxygens (including phenoxy) is 1. The van der Waals surface area contributed by atoms with E-state index in [1.54, 1.807) is 0 Å². The molecule has 0 saturated carbocycles. The molecule has 0 spiro atoms. The Bertz CT molecular complexity index is 494. The lowest BCUT2D eigenvalue weighted by Gasteiger charge is -2.06. The van der Waals surface area contributed by atoms with Crippen LogP contribution in [-0.4, -0.2) is 11.7 Å². The monoisotopic (exact) mass is 270 g/mol. The van der Waals surface area contributed by atoms with E-state index in [1.807, 2.05) is 42.5 Å². The molecule has 20 heavy (non-hydrogen) atoms. The SMILES string of the molecule is OCc1cccc(CCCCCOc2ccccc2)c1. The molecule has 0 saturated heterocycles. The van der Waals surface area contributed by atoms with E-state index in [0.29, 0.717) is 0 Å². The maximum absolute atomic E-state index is 9.10. The van der Waals surface area contributed by atoms with Gasteiger partial charge in [-0.05, 0) is 48.9 Å². The second kappa shape index (κ2) is 8.39. The molecule has 0 radical (unpaired) electrons. The van der Waals surface area contributed by atoms with Gasteiger partial charge in [-0.25, -0.2) is 0 Å². The number of benzene rings is 2.